The molecule has 4 heteroatoms. The molecule has 0 bridgehead atoms. The van der Waals surface area contributed by atoms with Crippen LogP contribution in [0.4, 0.5) is 4.39 Å². The number of hydrazine groups is 1. The summed E-state index contributed by atoms with van der Waals surface area (Å²) >= 11 is 0. The van der Waals surface area contributed by atoms with E-state index in [0.29, 0.717) is 12.0 Å². The van der Waals surface area contributed by atoms with Crippen molar-refractivity contribution in [2.75, 3.05) is 6.61 Å². The molecule has 3 nitrogen and oxygen atoms in total. The number of benzene rings is 1. The van der Waals surface area contributed by atoms with Gasteiger partial charge in [0.2, 0.25) is 0 Å². The average Bonchev–Trinajstić information content (AvgIpc) is 2.41. The van der Waals surface area contributed by atoms with E-state index in [9.17, 15) is 4.39 Å². The summed E-state index contributed by atoms with van der Waals surface area (Å²) in [6.07, 6.45) is 5.13. The molecule has 2 unspecified atom stereocenters. The predicted molar refractivity (Wildman–Crippen MR) is 69.4 cm³/mol. The predicted octanol–water partition coefficient (Wildman–Crippen LogP) is 2.16. The summed E-state index contributed by atoms with van der Waals surface area (Å²) in [6, 6.07) is 6.91. The molecule has 0 aliphatic carbocycles. The first kappa shape index (κ1) is 13.5. The van der Waals surface area contributed by atoms with Gasteiger partial charge in [-0.3, -0.25) is 11.3 Å². The number of rotatable bonds is 5. The van der Waals surface area contributed by atoms with Crippen LogP contribution in [0.15, 0.2) is 24.3 Å². The summed E-state index contributed by atoms with van der Waals surface area (Å²) in [5, 5.41) is 0. The maximum Gasteiger partial charge on any atom is 0.126 e. The molecule has 18 heavy (non-hydrogen) atoms. The van der Waals surface area contributed by atoms with Crippen molar-refractivity contribution in [1.29, 1.82) is 0 Å². The van der Waals surface area contributed by atoms with Gasteiger partial charge in [-0.05, 0) is 43.7 Å². The summed E-state index contributed by atoms with van der Waals surface area (Å²) < 4.78 is 19.3. The Morgan fingerprint density at radius 2 is 2.22 bits per heavy atom. The molecule has 100 valence electrons. The van der Waals surface area contributed by atoms with Crippen molar-refractivity contribution in [3.8, 4) is 0 Å². The standard InChI is InChI=1S/C14H21FN2O/c15-14-7-2-1-5-11(14)9-12(17-16)10-13-6-3-4-8-18-13/h1-2,5,7,12-13,17H,3-4,6,8-10,16H2. The third-order valence-corrected chi connectivity index (χ3v) is 3.48. The van der Waals surface area contributed by atoms with E-state index in [2.05, 4.69) is 5.43 Å². The van der Waals surface area contributed by atoms with Crippen LogP contribution in [-0.4, -0.2) is 18.8 Å². The van der Waals surface area contributed by atoms with E-state index in [0.717, 1.165) is 25.9 Å². The molecule has 1 aromatic carbocycles. The van der Waals surface area contributed by atoms with Crippen molar-refractivity contribution in [3.63, 3.8) is 0 Å². The van der Waals surface area contributed by atoms with Crippen LogP contribution in [-0.2, 0) is 11.2 Å². The van der Waals surface area contributed by atoms with E-state index in [1.807, 2.05) is 6.07 Å². The van der Waals surface area contributed by atoms with Gasteiger partial charge in [0.15, 0.2) is 0 Å². The molecular formula is C14H21FN2O. The van der Waals surface area contributed by atoms with Crippen LogP contribution in [0.2, 0.25) is 0 Å². The highest BCUT2D eigenvalue weighted by Crippen LogP contribution is 2.19. The van der Waals surface area contributed by atoms with Gasteiger partial charge in [-0.2, -0.15) is 0 Å². The highest BCUT2D eigenvalue weighted by Gasteiger charge is 2.19. The van der Waals surface area contributed by atoms with Crippen molar-refractivity contribution in [3.05, 3.63) is 35.6 Å². The molecular weight excluding hydrogens is 231 g/mol. The van der Waals surface area contributed by atoms with Gasteiger partial charge in [-0.25, -0.2) is 4.39 Å². The van der Waals surface area contributed by atoms with E-state index in [-0.39, 0.29) is 18.0 Å². The molecule has 1 saturated heterocycles. The summed E-state index contributed by atoms with van der Waals surface area (Å²) in [5.74, 6) is 5.40. The summed E-state index contributed by atoms with van der Waals surface area (Å²) in [7, 11) is 0. The molecule has 0 radical (unpaired) electrons. The lowest BCUT2D eigenvalue weighted by atomic mass is 9.97. The lowest BCUT2D eigenvalue weighted by Gasteiger charge is -2.26. The van der Waals surface area contributed by atoms with Crippen LogP contribution >= 0.6 is 0 Å². The molecule has 1 aliphatic rings. The molecule has 0 amide bonds. The second kappa shape index (κ2) is 6.83. The Kier molecular flexibility index (Phi) is 5.11. The van der Waals surface area contributed by atoms with Crippen LogP contribution in [0.5, 0.6) is 0 Å². The van der Waals surface area contributed by atoms with Crippen molar-refractivity contribution in [2.24, 2.45) is 5.84 Å². The van der Waals surface area contributed by atoms with E-state index in [1.165, 1.54) is 12.5 Å². The SMILES string of the molecule is NNC(Cc1ccccc1F)CC1CCCCO1. The van der Waals surface area contributed by atoms with Crippen LogP contribution in [0.3, 0.4) is 0 Å². The van der Waals surface area contributed by atoms with Crippen LogP contribution in [0, 0.1) is 5.82 Å². The average molecular weight is 252 g/mol. The molecule has 1 heterocycles. The Balaban J connectivity index is 1.90. The second-order valence-corrected chi connectivity index (χ2v) is 4.88. The Hall–Kier alpha value is -0.970. The minimum Gasteiger partial charge on any atom is -0.378 e. The van der Waals surface area contributed by atoms with Gasteiger partial charge < -0.3 is 4.74 Å². The van der Waals surface area contributed by atoms with Gasteiger partial charge in [-0.15, -0.1) is 0 Å². The number of hydrogen-bond acceptors (Lipinski definition) is 3. The number of ether oxygens (including phenoxy) is 1. The van der Waals surface area contributed by atoms with Crippen molar-refractivity contribution in [2.45, 2.75) is 44.2 Å². The molecule has 1 fully saturated rings. The van der Waals surface area contributed by atoms with E-state index in [4.69, 9.17) is 10.6 Å². The highest BCUT2D eigenvalue weighted by atomic mass is 19.1. The van der Waals surface area contributed by atoms with Gasteiger partial charge in [0.1, 0.15) is 5.82 Å². The van der Waals surface area contributed by atoms with E-state index < -0.39 is 0 Å². The molecule has 0 spiro atoms. The summed E-state index contributed by atoms with van der Waals surface area (Å²) in [5.41, 5.74) is 3.48. The van der Waals surface area contributed by atoms with Crippen LogP contribution < -0.4 is 11.3 Å². The molecule has 2 atom stereocenters. The molecule has 0 saturated carbocycles. The van der Waals surface area contributed by atoms with Crippen LogP contribution in [0.1, 0.15) is 31.2 Å². The lowest BCUT2D eigenvalue weighted by Crippen LogP contribution is -2.40. The molecule has 0 aromatic heterocycles. The zero-order chi connectivity index (χ0) is 12.8. The Labute approximate surface area is 107 Å². The third-order valence-electron chi connectivity index (χ3n) is 3.48. The quantitative estimate of drug-likeness (QED) is 0.623. The van der Waals surface area contributed by atoms with Crippen molar-refractivity contribution < 1.29 is 9.13 Å². The third kappa shape index (κ3) is 3.77. The normalized spacial score (nSPS) is 21.8. The number of hydrogen-bond donors (Lipinski definition) is 2. The zero-order valence-corrected chi connectivity index (χ0v) is 10.6. The van der Waals surface area contributed by atoms with Gasteiger partial charge in [0.05, 0.1) is 6.10 Å². The largest absolute Gasteiger partial charge is 0.378 e. The number of nitrogens with two attached hydrogens (primary N) is 1. The Morgan fingerprint density at radius 1 is 1.39 bits per heavy atom. The topological polar surface area (TPSA) is 47.3 Å². The smallest absolute Gasteiger partial charge is 0.126 e. The van der Waals surface area contributed by atoms with Gasteiger partial charge >= 0.3 is 0 Å². The van der Waals surface area contributed by atoms with Crippen LogP contribution in [0.25, 0.3) is 0 Å². The van der Waals surface area contributed by atoms with Gasteiger partial charge in [-0.1, -0.05) is 18.2 Å². The highest BCUT2D eigenvalue weighted by molar-refractivity contribution is 5.18. The van der Waals surface area contributed by atoms with Crippen molar-refractivity contribution in [1.82, 2.24) is 5.43 Å². The number of halogens is 1. The van der Waals surface area contributed by atoms with E-state index in [1.54, 1.807) is 12.1 Å². The minimum atomic E-state index is -0.165. The summed E-state index contributed by atoms with van der Waals surface area (Å²) in [4.78, 5) is 0. The summed E-state index contributed by atoms with van der Waals surface area (Å²) in [6.45, 7) is 0.835. The van der Waals surface area contributed by atoms with Gasteiger partial charge in [0, 0.05) is 12.6 Å². The second-order valence-electron chi connectivity index (χ2n) is 4.88. The fraction of sp³-hybridized carbons (Fsp3) is 0.571. The maximum absolute atomic E-state index is 13.6. The monoisotopic (exact) mass is 252 g/mol. The minimum absolute atomic E-state index is 0.0602. The molecule has 3 N–H and O–H groups in total. The molecule has 2 rings (SSSR count). The van der Waals surface area contributed by atoms with Crippen molar-refractivity contribution >= 4 is 0 Å². The fourth-order valence-corrected chi connectivity index (χ4v) is 2.45. The maximum atomic E-state index is 13.6. The zero-order valence-electron chi connectivity index (χ0n) is 10.6. The van der Waals surface area contributed by atoms with Gasteiger partial charge in [0.25, 0.3) is 0 Å². The fourth-order valence-electron chi connectivity index (χ4n) is 2.45. The Morgan fingerprint density at radius 3 is 2.89 bits per heavy atom. The Bertz CT molecular complexity index is 367. The molecule has 1 aliphatic heterocycles. The number of nitrogens with one attached hydrogen (secondary N) is 1. The molecule has 1 aromatic rings. The first-order valence-corrected chi connectivity index (χ1v) is 6.60. The first-order chi connectivity index (χ1) is 8.79. The first-order valence-electron chi connectivity index (χ1n) is 6.60. The van der Waals surface area contributed by atoms with E-state index >= 15 is 0 Å². The lowest BCUT2D eigenvalue weighted by molar-refractivity contribution is 0.00519.